The van der Waals surface area contributed by atoms with Crippen LogP contribution in [0.1, 0.15) is 17.4 Å². The van der Waals surface area contributed by atoms with Gasteiger partial charge in [-0.1, -0.05) is 0 Å². The molecule has 0 unspecified atom stereocenters. The van der Waals surface area contributed by atoms with Gasteiger partial charge in [-0.2, -0.15) is 0 Å². The van der Waals surface area contributed by atoms with Gasteiger partial charge in [-0.05, 0) is 13.1 Å². The molecule has 2 N–H and O–H groups in total. The van der Waals surface area contributed by atoms with Crippen molar-refractivity contribution in [3.05, 3.63) is 42.4 Å². The van der Waals surface area contributed by atoms with Crippen LogP contribution in [0.2, 0.25) is 0 Å². The van der Waals surface area contributed by atoms with Crippen LogP contribution in [-0.2, 0) is 6.54 Å². The van der Waals surface area contributed by atoms with Gasteiger partial charge in [-0.3, -0.25) is 4.90 Å². The van der Waals surface area contributed by atoms with E-state index in [1.165, 1.54) is 0 Å². The maximum Gasteiger partial charge on any atom is 0.317 e. The first-order valence-corrected chi connectivity index (χ1v) is 6.97. The third-order valence-electron chi connectivity index (χ3n) is 3.79. The lowest BCUT2D eigenvalue weighted by Crippen LogP contribution is -2.52. The molecule has 21 heavy (non-hydrogen) atoms. The van der Waals surface area contributed by atoms with Gasteiger partial charge in [-0.15, -0.1) is 0 Å². The Balaban J connectivity index is 1.59. The normalized spacial score (nSPS) is 19.7. The van der Waals surface area contributed by atoms with Crippen LogP contribution in [-0.4, -0.2) is 52.5 Å². The number of hydrogen-bond donors (Lipinski definition) is 2. The summed E-state index contributed by atoms with van der Waals surface area (Å²) >= 11 is 0. The Morgan fingerprint density at radius 1 is 1.57 bits per heavy atom. The topological polar surface area (TPSA) is 77.4 Å². The molecule has 2 aromatic rings. The van der Waals surface area contributed by atoms with E-state index in [9.17, 15) is 4.79 Å². The van der Waals surface area contributed by atoms with E-state index < -0.39 is 0 Å². The highest BCUT2D eigenvalue weighted by atomic mass is 16.3. The molecule has 0 saturated carbocycles. The highest BCUT2D eigenvalue weighted by Gasteiger charge is 2.29. The van der Waals surface area contributed by atoms with Gasteiger partial charge >= 0.3 is 6.03 Å². The molecule has 1 atom stereocenters. The Kier molecular flexibility index (Phi) is 3.92. The summed E-state index contributed by atoms with van der Waals surface area (Å²) in [6.07, 6.45) is 6.78. The van der Waals surface area contributed by atoms with E-state index in [0.29, 0.717) is 19.6 Å². The summed E-state index contributed by atoms with van der Waals surface area (Å²) < 4.78 is 4.99. The van der Waals surface area contributed by atoms with Crippen molar-refractivity contribution in [1.29, 1.82) is 0 Å². The van der Waals surface area contributed by atoms with Crippen molar-refractivity contribution in [3.8, 4) is 0 Å². The first kappa shape index (κ1) is 13.7. The first-order valence-electron chi connectivity index (χ1n) is 6.97. The average Bonchev–Trinajstić information content (AvgIpc) is 3.18. The van der Waals surface area contributed by atoms with E-state index >= 15 is 0 Å². The minimum Gasteiger partial charge on any atom is -0.472 e. The molecule has 7 nitrogen and oxygen atoms in total. The second-order valence-corrected chi connectivity index (χ2v) is 5.21. The molecule has 0 bridgehead atoms. The van der Waals surface area contributed by atoms with E-state index in [4.69, 9.17) is 4.42 Å². The van der Waals surface area contributed by atoms with E-state index in [0.717, 1.165) is 17.9 Å². The summed E-state index contributed by atoms with van der Waals surface area (Å²) in [7, 11) is 2.05. The van der Waals surface area contributed by atoms with Gasteiger partial charge in [0.2, 0.25) is 0 Å². The maximum atomic E-state index is 12.3. The Bertz CT molecular complexity index is 566. The molecule has 1 saturated heterocycles. The maximum absolute atomic E-state index is 12.3. The van der Waals surface area contributed by atoms with Crippen LogP contribution in [0.15, 0.2) is 35.4 Å². The molecular formula is C14H19N5O2. The molecule has 2 amide bonds. The molecule has 0 radical (unpaired) electrons. The number of piperazine rings is 1. The summed E-state index contributed by atoms with van der Waals surface area (Å²) in [5.41, 5.74) is 0.958. The number of rotatable bonds is 3. The monoisotopic (exact) mass is 289 g/mol. The summed E-state index contributed by atoms with van der Waals surface area (Å²) in [5, 5.41) is 2.91. The zero-order valence-electron chi connectivity index (χ0n) is 12.0. The third kappa shape index (κ3) is 3.08. The van der Waals surface area contributed by atoms with Crippen LogP contribution < -0.4 is 5.32 Å². The Hall–Kier alpha value is -2.28. The minimum absolute atomic E-state index is 0.0548. The van der Waals surface area contributed by atoms with Gasteiger partial charge in [0.05, 0.1) is 18.6 Å². The van der Waals surface area contributed by atoms with Gasteiger partial charge in [0.1, 0.15) is 5.82 Å². The van der Waals surface area contributed by atoms with Crippen LogP contribution in [0.4, 0.5) is 4.79 Å². The fourth-order valence-electron chi connectivity index (χ4n) is 2.50. The first-order chi connectivity index (χ1) is 10.2. The van der Waals surface area contributed by atoms with Crippen molar-refractivity contribution in [1.82, 2.24) is 25.1 Å². The van der Waals surface area contributed by atoms with E-state index in [1.807, 2.05) is 18.0 Å². The molecule has 1 aliphatic heterocycles. The number of urea groups is 1. The highest BCUT2D eigenvalue weighted by Crippen LogP contribution is 2.20. The summed E-state index contributed by atoms with van der Waals surface area (Å²) in [4.78, 5) is 23.7. The number of likely N-dealkylation sites (N-methyl/N-ethyl adjacent to an activating group) is 1. The summed E-state index contributed by atoms with van der Waals surface area (Å²) in [6.45, 7) is 2.64. The smallest absolute Gasteiger partial charge is 0.317 e. The molecule has 0 aromatic carbocycles. The van der Waals surface area contributed by atoms with Crippen LogP contribution in [0.25, 0.3) is 0 Å². The molecule has 1 fully saturated rings. The number of aromatic nitrogens is 2. The highest BCUT2D eigenvalue weighted by molar-refractivity contribution is 5.74. The second kappa shape index (κ2) is 6.01. The Labute approximate surface area is 122 Å². The number of furan rings is 1. The number of hydrogen-bond acceptors (Lipinski definition) is 4. The summed E-state index contributed by atoms with van der Waals surface area (Å²) in [6, 6.07) is 1.89. The van der Waals surface area contributed by atoms with Crippen LogP contribution in [0.5, 0.6) is 0 Å². The number of carbonyl (C=O) groups excluding carboxylic acids is 1. The molecule has 3 heterocycles. The number of H-pyrrole nitrogens is 1. The van der Waals surface area contributed by atoms with Crippen molar-refractivity contribution in [3.63, 3.8) is 0 Å². The van der Waals surface area contributed by atoms with Crippen LogP contribution >= 0.6 is 0 Å². The molecule has 1 aliphatic rings. The predicted molar refractivity (Wildman–Crippen MR) is 76.5 cm³/mol. The van der Waals surface area contributed by atoms with E-state index in [2.05, 4.69) is 20.2 Å². The standard InChI is InChI=1S/C14H19N5O2/c1-18-5-6-19(9-12(18)13-15-3-4-16-13)14(20)17-8-11-2-7-21-10-11/h2-4,7,10,12H,5-6,8-9H2,1H3,(H,15,16)(H,17,20)/t12-/m0/s1. The average molecular weight is 289 g/mol. The van der Waals surface area contributed by atoms with Crippen molar-refractivity contribution in [2.75, 3.05) is 26.7 Å². The molecule has 2 aromatic heterocycles. The van der Waals surface area contributed by atoms with Crippen LogP contribution in [0, 0.1) is 0 Å². The predicted octanol–water partition coefficient (Wildman–Crippen LogP) is 1.20. The molecule has 7 heteroatoms. The van der Waals surface area contributed by atoms with Gasteiger partial charge in [0, 0.05) is 44.1 Å². The van der Waals surface area contributed by atoms with Gasteiger partial charge in [0.25, 0.3) is 0 Å². The summed E-state index contributed by atoms with van der Waals surface area (Å²) in [5.74, 6) is 0.893. The molecule has 112 valence electrons. The zero-order valence-corrected chi connectivity index (χ0v) is 12.0. The van der Waals surface area contributed by atoms with Gasteiger partial charge < -0.3 is 19.6 Å². The molecular weight excluding hydrogens is 270 g/mol. The number of nitrogens with zero attached hydrogens (tertiary/aromatic N) is 3. The lowest BCUT2D eigenvalue weighted by atomic mass is 10.1. The number of imidazole rings is 1. The lowest BCUT2D eigenvalue weighted by molar-refractivity contribution is 0.106. The number of aromatic amines is 1. The fourth-order valence-corrected chi connectivity index (χ4v) is 2.50. The fraction of sp³-hybridized carbons (Fsp3) is 0.429. The molecule has 0 spiro atoms. The van der Waals surface area contributed by atoms with E-state index in [1.54, 1.807) is 24.9 Å². The number of amides is 2. The molecule has 3 rings (SSSR count). The quantitative estimate of drug-likeness (QED) is 0.890. The van der Waals surface area contributed by atoms with Crippen molar-refractivity contribution in [2.24, 2.45) is 0 Å². The van der Waals surface area contributed by atoms with Gasteiger partial charge in [0.15, 0.2) is 0 Å². The number of carbonyl (C=O) groups is 1. The number of nitrogens with one attached hydrogen (secondary N) is 2. The van der Waals surface area contributed by atoms with Crippen LogP contribution in [0.3, 0.4) is 0 Å². The second-order valence-electron chi connectivity index (χ2n) is 5.21. The van der Waals surface area contributed by atoms with Crippen molar-refractivity contribution < 1.29 is 9.21 Å². The Morgan fingerprint density at radius 2 is 2.48 bits per heavy atom. The third-order valence-corrected chi connectivity index (χ3v) is 3.79. The molecule has 0 aliphatic carbocycles. The van der Waals surface area contributed by atoms with Crippen molar-refractivity contribution in [2.45, 2.75) is 12.6 Å². The minimum atomic E-state index is -0.0548. The lowest BCUT2D eigenvalue weighted by Gasteiger charge is -2.38. The van der Waals surface area contributed by atoms with Gasteiger partial charge in [-0.25, -0.2) is 9.78 Å². The van der Waals surface area contributed by atoms with E-state index in [-0.39, 0.29) is 12.1 Å². The SMILES string of the molecule is CN1CCN(C(=O)NCc2ccoc2)C[C@H]1c1ncc[nH]1. The largest absolute Gasteiger partial charge is 0.472 e. The zero-order chi connectivity index (χ0) is 14.7. The Morgan fingerprint density at radius 3 is 3.19 bits per heavy atom. The van der Waals surface area contributed by atoms with Crippen molar-refractivity contribution >= 4 is 6.03 Å².